The van der Waals surface area contributed by atoms with Crippen LogP contribution in [-0.4, -0.2) is 9.55 Å². The Hall–Kier alpha value is -1.38. The van der Waals surface area contributed by atoms with Gasteiger partial charge in [-0.3, -0.25) is 0 Å². The summed E-state index contributed by atoms with van der Waals surface area (Å²) in [5.41, 5.74) is 1.34. The van der Waals surface area contributed by atoms with Crippen molar-refractivity contribution < 1.29 is 4.39 Å². The van der Waals surface area contributed by atoms with E-state index in [4.69, 9.17) is 0 Å². The molecule has 0 aliphatic heterocycles. The van der Waals surface area contributed by atoms with Gasteiger partial charge >= 0.3 is 0 Å². The van der Waals surface area contributed by atoms with Crippen LogP contribution in [-0.2, 0) is 0 Å². The fraction of sp³-hybridized carbons (Fsp3) is 0.364. The van der Waals surface area contributed by atoms with Crippen LogP contribution in [0.15, 0.2) is 18.2 Å². The van der Waals surface area contributed by atoms with Gasteiger partial charge < -0.3 is 4.57 Å². The number of hydrogen-bond donors (Lipinski definition) is 0. The molecule has 1 aromatic carbocycles. The molecule has 0 atom stereocenters. The van der Waals surface area contributed by atoms with Gasteiger partial charge in [-0.25, -0.2) is 9.37 Å². The highest BCUT2D eigenvalue weighted by Gasteiger charge is 2.12. The van der Waals surface area contributed by atoms with E-state index in [1.165, 1.54) is 6.07 Å². The summed E-state index contributed by atoms with van der Waals surface area (Å²) in [4.78, 5) is 4.22. The number of para-hydroxylation sites is 1. The van der Waals surface area contributed by atoms with Crippen LogP contribution in [0.2, 0.25) is 0 Å². The zero-order valence-corrected chi connectivity index (χ0v) is 8.58. The highest BCUT2D eigenvalue weighted by Crippen LogP contribution is 2.22. The van der Waals surface area contributed by atoms with Gasteiger partial charge in [0.25, 0.3) is 0 Å². The Labute approximate surface area is 82.4 Å². The third kappa shape index (κ3) is 1.20. The summed E-state index contributed by atoms with van der Waals surface area (Å²) < 4.78 is 15.4. The third-order valence-electron chi connectivity index (χ3n) is 2.36. The molecule has 14 heavy (non-hydrogen) atoms. The minimum atomic E-state index is -0.245. The van der Waals surface area contributed by atoms with Crippen molar-refractivity contribution in [2.75, 3.05) is 0 Å². The molecule has 0 fully saturated rings. The molecule has 2 rings (SSSR count). The Morgan fingerprint density at radius 2 is 2.07 bits per heavy atom. The summed E-state index contributed by atoms with van der Waals surface area (Å²) in [6, 6.07) is 5.37. The van der Waals surface area contributed by atoms with Crippen molar-refractivity contribution in [3.05, 3.63) is 29.8 Å². The van der Waals surface area contributed by atoms with Crippen LogP contribution in [0, 0.1) is 12.7 Å². The Morgan fingerprint density at radius 3 is 2.71 bits per heavy atom. The Balaban J connectivity index is 2.83. The molecule has 0 saturated heterocycles. The largest absolute Gasteiger partial charge is 0.326 e. The van der Waals surface area contributed by atoms with Crippen LogP contribution in [0.5, 0.6) is 0 Å². The van der Waals surface area contributed by atoms with Gasteiger partial charge in [-0.1, -0.05) is 6.07 Å². The van der Waals surface area contributed by atoms with Crippen LogP contribution in [0.1, 0.15) is 25.7 Å². The zero-order valence-electron chi connectivity index (χ0n) is 8.58. The molecule has 3 heteroatoms. The number of fused-ring (bicyclic) bond motifs is 1. The van der Waals surface area contributed by atoms with Crippen molar-refractivity contribution in [1.82, 2.24) is 9.55 Å². The molecule has 0 saturated carbocycles. The molecule has 0 unspecified atom stereocenters. The molecule has 1 aromatic heterocycles. The summed E-state index contributed by atoms with van der Waals surface area (Å²) in [7, 11) is 0. The average Bonchev–Trinajstić information content (AvgIpc) is 2.42. The lowest BCUT2D eigenvalue weighted by atomic mass is 10.3. The second-order valence-corrected chi connectivity index (χ2v) is 3.73. The molecule has 0 aliphatic rings. The molecule has 0 spiro atoms. The van der Waals surface area contributed by atoms with Gasteiger partial charge in [0, 0.05) is 6.04 Å². The molecule has 1 heterocycles. The molecular formula is C11H13FN2. The minimum absolute atomic E-state index is 0.245. The molecule has 0 aliphatic carbocycles. The molecular weight excluding hydrogens is 179 g/mol. The summed E-state index contributed by atoms with van der Waals surface area (Å²) in [5.74, 6) is 0.616. The van der Waals surface area contributed by atoms with E-state index in [1.807, 2.05) is 17.6 Å². The number of hydrogen-bond acceptors (Lipinski definition) is 1. The van der Waals surface area contributed by atoms with E-state index in [2.05, 4.69) is 18.8 Å². The molecule has 74 valence electrons. The first-order valence-electron chi connectivity index (χ1n) is 4.74. The predicted octanol–water partition coefficient (Wildman–Crippen LogP) is 3.06. The van der Waals surface area contributed by atoms with Gasteiger partial charge in [0.05, 0.1) is 5.52 Å². The topological polar surface area (TPSA) is 17.8 Å². The summed E-state index contributed by atoms with van der Waals surface area (Å²) in [6.45, 7) is 6.04. The van der Waals surface area contributed by atoms with Crippen molar-refractivity contribution in [3.63, 3.8) is 0 Å². The van der Waals surface area contributed by atoms with E-state index >= 15 is 0 Å². The number of rotatable bonds is 1. The van der Waals surface area contributed by atoms with Gasteiger partial charge in [-0.15, -0.1) is 0 Å². The number of aryl methyl sites for hydroxylation is 1. The van der Waals surface area contributed by atoms with Crippen molar-refractivity contribution >= 4 is 11.0 Å². The third-order valence-corrected chi connectivity index (χ3v) is 2.36. The fourth-order valence-corrected chi connectivity index (χ4v) is 1.85. The number of nitrogens with zero attached hydrogens (tertiary/aromatic N) is 2. The Morgan fingerprint density at radius 1 is 1.36 bits per heavy atom. The first-order valence-corrected chi connectivity index (χ1v) is 4.74. The van der Waals surface area contributed by atoms with E-state index in [0.29, 0.717) is 11.6 Å². The van der Waals surface area contributed by atoms with Crippen molar-refractivity contribution in [2.45, 2.75) is 26.8 Å². The average molecular weight is 192 g/mol. The van der Waals surface area contributed by atoms with Gasteiger partial charge in [-0.05, 0) is 32.9 Å². The first-order chi connectivity index (χ1) is 6.61. The lowest BCUT2D eigenvalue weighted by Crippen LogP contribution is -2.02. The number of benzene rings is 1. The van der Waals surface area contributed by atoms with Crippen LogP contribution in [0.4, 0.5) is 4.39 Å². The van der Waals surface area contributed by atoms with Crippen LogP contribution >= 0.6 is 0 Å². The van der Waals surface area contributed by atoms with E-state index in [0.717, 1.165) is 11.3 Å². The van der Waals surface area contributed by atoms with Gasteiger partial charge in [0.15, 0.2) is 5.82 Å². The molecule has 0 amide bonds. The summed E-state index contributed by atoms with van der Waals surface area (Å²) >= 11 is 0. The van der Waals surface area contributed by atoms with Crippen LogP contribution in [0.25, 0.3) is 11.0 Å². The maximum Gasteiger partial charge on any atom is 0.151 e. The monoisotopic (exact) mass is 192 g/mol. The standard InChI is InChI=1S/C11H13FN2/c1-7(2)14-8(3)13-11-9(12)5-4-6-10(11)14/h4-7H,1-3H3. The van der Waals surface area contributed by atoms with E-state index in [1.54, 1.807) is 6.07 Å². The molecule has 0 radical (unpaired) electrons. The first kappa shape index (κ1) is 9.19. The van der Waals surface area contributed by atoms with E-state index in [-0.39, 0.29) is 5.82 Å². The van der Waals surface area contributed by atoms with Crippen molar-refractivity contribution in [1.29, 1.82) is 0 Å². The molecule has 2 nitrogen and oxygen atoms in total. The molecule has 0 N–H and O–H groups in total. The van der Waals surface area contributed by atoms with Crippen LogP contribution in [0.3, 0.4) is 0 Å². The smallest absolute Gasteiger partial charge is 0.151 e. The fourth-order valence-electron chi connectivity index (χ4n) is 1.85. The predicted molar refractivity (Wildman–Crippen MR) is 54.8 cm³/mol. The van der Waals surface area contributed by atoms with Crippen molar-refractivity contribution in [2.24, 2.45) is 0 Å². The van der Waals surface area contributed by atoms with Gasteiger partial charge in [0.1, 0.15) is 11.3 Å². The second kappa shape index (κ2) is 3.08. The summed E-state index contributed by atoms with van der Waals surface area (Å²) in [6.07, 6.45) is 0. The van der Waals surface area contributed by atoms with Gasteiger partial charge in [0.2, 0.25) is 0 Å². The van der Waals surface area contributed by atoms with E-state index in [9.17, 15) is 4.39 Å². The number of imidazole rings is 1. The lowest BCUT2D eigenvalue weighted by Gasteiger charge is -2.10. The maximum absolute atomic E-state index is 13.4. The molecule has 2 aromatic rings. The normalized spacial score (nSPS) is 11.5. The molecule has 0 bridgehead atoms. The SMILES string of the molecule is Cc1nc2c(F)cccc2n1C(C)C. The van der Waals surface area contributed by atoms with Crippen LogP contribution < -0.4 is 0 Å². The quantitative estimate of drug-likeness (QED) is 0.679. The minimum Gasteiger partial charge on any atom is -0.326 e. The Kier molecular flexibility index (Phi) is 2.02. The number of aromatic nitrogens is 2. The highest BCUT2D eigenvalue weighted by atomic mass is 19.1. The Bertz CT molecular complexity index is 471. The van der Waals surface area contributed by atoms with Gasteiger partial charge in [-0.2, -0.15) is 0 Å². The lowest BCUT2D eigenvalue weighted by molar-refractivity contribution is 0.600. The maximum atomic E-state index is 13.4. The van der Waals surface area contributed by atoms with E-state index < -0.39 is 0 Å². The van der Waals surface area contributed by atoms with Crippen molar-refractivity contribution in [3.8, 4) is 0 Å². The highest BCUT2D eigenvalue weighted by molar-refractivity contribution is 5.76. The number of halogens is 1. The summed E-state index contributed by atoms with van der Waals surface area (Å²) in [5, 5.41) is 0. The second-order valence-electron chi connectivity index (χ2n) is 3.73. The zero-order chi connectivity index (χ0) is 10.3.